The molecule has 2 aromatic rings. The Morgan fingerprint density at radius 3 is 2.52 bits per heavy atom. The van der Waals surface area contributed by atoms with Crippen molar-refractivity contribution in [2.24, 2.45) is 5.10 Å². The van der Waals surface area contributed by atoms with Crippen LogP contribution in [-0.2, 0) is 10.3 Å². The maximum absolute atomic E-state index is 12.9. The summed E-state index contributed by atoms with van der Waals surface area (Å²) in [6, 6.07) is 12.7. The van der Waals surface area contributed by atoms with E-state index in [1.165, 1.54) is 18.2 Å². The largest absolute Gasteiger partial charge is 0.504 e. The minimum Gasteiger partial charge on any atom is -0.504 e. The number of carbonyl (C=O) groups is 2. The van der Waals surface area contributed by atoms with Crippen LogP contribution in [0.1, 0.15) is 24.5 Å². The van der Waals surface area contributed by atoms with Crippen LogP contribution in [0.5, 0.6) is 11.5 Å². The molecule has 3 amide bonds. The Kier molecular flexibility index (Phi) is 4.14. The molecule has 1 aliphatic rings. The van der Waals surface area contributed by atoms with E-state index >= 15 is 0 Å². The molecule has 1 heterocycles. The van der Waals surface area contributed by atoms with Gasteiger partial charge >= 0.3 is 6.03 Å². The van der Waals surface area contributed by atoms with Crippen molar-refractivity contribution < 1.29 is 19.8 Å². The summed E-state index contributed by atoms with van der Waals surface area (Å²) in [5, 5.41) is 26.6. The highest BCUT2D eigenvalue weighted by Crippen LogP contribution is 2.33. The number of rotatable bonds is 4. The van der Waals surface area contributed by atoms with E-state index in [4.69, 9.17) is 0 Å². The Balaban J connectivity index is 1.94. The second kappa shape index (κ2) is 6.27. The van der Waals surface area contributed by atoms with Crippen LogP contribution in [0.2, 0.25) is 0 Å². The van der Waals surface area contributed by atoms with Gasteiger partial charge in [-0.05, 0) is 24.1 Å². The van der Waals surface area contributed by atoms with Crippen LogP contribution in [0, 0.1) is 0 Å². The van der Waals surface area contributed by atoms with Gasteiger partial charge in [-0.1, -0.05) is 43.3 Å². The summed E-state index contributed by atoms with van der Waals surface area (Å²) in [5.74, 6) is -1.18. The number of phenolic OH excluding ortho intramolecular Hbond substituents is 2. The lowest BCUT2D eigenvalue weighted by molar-refractivity contribution is -0.131. The molecule has 7 heteroatoms. The van der Waals surface area contributed by atoms with E-state index in [9.17, 15) is 19.8 Å². The third-order valence-electron chi connectivity index (χ3n) is 4.23. The van der Waals surface area contributed by atoms with Crippen LogP contribution >= 0.6 is 0 Å². The van der Waals surface area contributed by atoms with E-state index in [-0.39, 0.29) is 17.1 Å². The zero-order valence-electron chi connectivity index (χ0n) is 13.5. The molecule has 1 saturated heterocycles. The second-order valence-electron chi connectivity index (χ2n) is 5.63. The number of aromatic hydroxyl groups is 2. The van der Waals surface area contributed by atoms with Crippen molar-refractivity contribution in [3.8, 4) is 11.5 Å². The number of hydrogen-bond acceptors (Lipinski definition) is 5. The zero-order valence-corrected chi connectivity index (χ0v) is 13.5. The van der Waals surface area contributed by atoms with Crippen LogP contribution in [0.4, 0.5) is 4.79 Å². The Bertz CT molecular complexity index is 851. The first-order chi connectivity index (χ1) is 12.0. The van der Waals surface area contributed by atoms with Gasteiger partial charge < -0.3 is 15.5 Å². The van der Waals surface area contributed by atoms with E-state index < -0.39 is 17.5 Å². The number of hydrogen-bond donors (Lipinski definition) is 3. The highest BCUT2D eigenvalue weighted by Gasteiger charge is 2.51. The Labute approximate surface area is 144 Å². The summed E-state index contributed by atoms with van der Waals surface area (Å²) in [4.78, 5) is 25.1. The first kappa shape index (κ1) is 16.5. The molecule has 0 radical (unpaired) electrons. The molecule has 25 heavy (non-hydrogen) atoms. The van der Waals surface area contributed by atoms with E-state index in [1.807, 2.05) is 6.07 Å². The molecule has 2 aromatic carbocycles. The van der Waals surface area contributed by atoms with Gasteiger partial charge in [0.05, 0.1) is 6.21 Å². The van der Waals surface area contributed by atoms with Crippen molar-refractivity contribution in [1.29, 1.82) is 0 Å². The van der Waals surface area contributed by atoms with Crippen LogP contribution < -0.4 is 5.32 Å². The Morgan fingerprint density at radius 1 is 1.12 bits per heavy atom. The molecule has 3 N–H and O–H groups in total. The standard InChI is InChI=1S/C18H17N3O4/c1-2-18(13-8-4-3-5-9-13)16(24)21(17(25)20-18)19-11-12-7-6-10-14(22)15(12)23/h3-11,22-23H,2H2,1H3,(H,20,25)/b19-11+/t18-/m0/s1. The Morgan fingerprint density at radius 2 is 1.84 bits per heavy atom. The van der Waals surface area contributed by atoms with Gasteiger partial charge in [0.2, 0.25) is 0 Å². The van der Waals surface area contributed by atoms with Crippen LogP contribution in [0.25, 0.3) is 0 Å². The van der Waals surface area contributed by atoms with Crippen LogP contribution in [0.15, 0.2) is 53.6 Å². The maximum Gasteiger partial charge on any atom is 0.346 e. The first-order valence-corrected chi connectivity index (χ1v) is 7.76. The van der Waals surface area contributed by atoms with Crippen molar-refractivity contribution >= 4 is 18.2 Å². The highest BCUT2D eigenvalue weighted by molar-refractivity contribution is 6.07. The van der Waals surface area contributed by atoms with Gasteiger partial charge in [-0.25, -0.2) is 4.79 Å². The molecule has 0 spiro atoms. The third-order valence-corrected chi connectivity index (χ3v) is 4.23. The number of nitrogens with zero attached hydrogens (tertiary/aromatic N) is 2. The fourth-order valence-electron chi connectivity index (χ4n) is 2.80. The molecule has 0 bridgehead atoms. The second-order valence-corrected chi connectivity index (χ2v) is 5.63. The molecule has 0 aromatic heterocycles. The number of hydrazone groups is 1. The van der Waals surface area contributed by atoms with E-state index in [1.54, 1.807) is 31.2 Å². The summed E-state index contributed by atoms with van der Waals surface area (Å²) in [6.45, 7) is 1.81. The number of phenols is 2. The predicted molar refractivity (Wildman–Crippen MR) is 91.2 cm³/mol. The number of para-hydroxylation sites is 1. The van der Waals surface area contributed by atoms with Crippen LogP contribution in [-0.4, -0.2) is 33.4 Å². The molecule has 3 rings (SSSR count). The highest BCUT2D eigenvalue weighted by atomic mass is 16.3. The fraction of sp³-hybridized carbons (Fsp3) is 0.167. The first-order valence-electron chi connectivity index (χ1n) is 7.76. The molecule has 128 valence electrons. The van der Waals surface area contributed by atoms with Gasteiger partial charge in [-0.2, -0.15) is 5.10 Å². The summed E-state index contributed by atoms with van der Waals surface area (Å²) in [5.41, 5.74) is -0.306. The topological polar surface area (TPSA) is 102 Å². The minimum absolute atomic E-state index is 0.189. The van der Waals surface area contributed by atoms with Crippen molar-refractivity contribution in [2.45, 2.75) is 18.9 Å². The van der Waals surface area contributed by atoms with Gasteiger partial charge in [-0.15, -0.1) is 5.01 Å². The third kappa shape index (κ3) is 2.69. The molecule has 1 fully saturated rings. The SMILES string of the molecule is CC[C@@]1(c2ccccc2)NC(=O)N(/N=C/c2cccc(O)c2O)C1=O. The maximum atomic E-state index is 12.9. The van der Waals surface area contributed by atoms with E-state index in [2.05, 4.69) is 10.4 Å². The van der Waals surface area contributed by atoms with E-state index in [0.717, 1.165) is 11.2 Å². The predicted octanol–water partition coefficient (Wildman–Crippen LogP) is 2.29. The average molecular weight is 339 g/mol. The fourth-order valence-corrected chi connectivity index (χ4v) is 2.80. The van der Waals surface area contributed by atoms with Crippen molar-refractivity contribution in [3.63, 3.8) is 0 Å². The number of nitrogens with one attached hydrogen (secondary N) is 1. The lowest BCUT2D eigenvalue weighted by Crippen LogP contribution is -2.43. The normalized spacial score (nSPS) is 20.3. The van der Waals surface area contributed by atoms with Gasteiger partial charge in [0.25, 0.3) is 5.91 Å². The molecule has 1 aliphatic heterocycles. The monoisotopic (exact) mass is 339 g/mol. The summed E-state index contributed by atoms with van der Waals surface area (Å²) in [7, 11) is 0. The molecule has 1 atom stereocenters. The van der Waals surface area contributed by atoms with Gasteiger partial charge in [0.1, 0.15) is 5.54 Å². The van der Waals surface area contributed by atoms with Crippen molar-refractivity contribution in [3.05, 3.63) is 59.7 Å². The zero-order chi connectivity index (χ0) is 18.0. The van der Waals surface area contributed by atoms with Gasteiger partial charge in [0.15, 0.2) is 11.5 Å². The number of amides is 3. The number of benzene rings is 2. The molecule has 7 nitrogen and oxygen atoms in total. The molecule has 0 aliphatic carbocycles. The molecular formula is C18H17N3O4. The van der Waals surface area contributed by atoms with Gasteiger partial charge in [0, 0.05) is 5.56 Å². The van der Waals surface area contributed by atoms with Crippen molar-refractivity contribution in [2.75, 3.05) is 0 Å². The number of imide groups is 1. The lowest BCUT2D eigenvalue weighted by atomic mass is 9.87. The summed E-state index contributed by atoms with van der Waals surface area (Å²) < 4.78 is 0. The summed E-state index contributed by atoms with van der Waals surface area (Å²) in [6.07, 6.45) is 1.52. The Hall–Kier alpha value is -3.35. The number of urea groups is 1. The van der Waals surface area contributed by atoms with Crippen LogP contribution in [0.3, 0.4) is 0 Å². The molecule has 0 unspecified atom stereocenters. The molecular weight excluding hydrogens is 322 g/mol. The average Bonchev–Trinajstić information content (AvgIpc) is 2.88. The molecule has 0 saturated carbocycles. The quantitative estimate of drug-likeness (QED) is 0.452. The minimum atomic E-state index is -1.17. The lowest BCUT2D eigenvalue weighted by Gasteiger charge is -2.24. The smallest absolute Gasteiger partial charge is 0.346 e. The van der Waals surface area contributed by atoms with Gasteiger partial charge in [-0.3, -0.25) is 4.79 Å². The van der Waals surface area contributed by atoms with Crippen molar-refractivity contribution in [1.82, 2.24) is 10.3 Å². The summed E-state index contributed by atoms with van der Waals surface area (Å²) >= 11 is 0. The number of carbonyl (C=O) groups excluding carboxylic acids is 2. The van der Waals surface area contributed by atoms with E-state index in [0.29, 0.717) is 12.0 Å².